The lowest BCUT2D eigenvalue weighted by Gasteiger charge is -2.36. The molecular formula is C17H29Cl3N2. The highest BCUT2D eigenvalue weighted by Crippen LogP contribution is 2.31. The first kappa shape index (κ1) is 22.0. The van der Waals surface area contributed by atoms with Gasteiger partial charge in [-0.15, -0.1) is 24.8 Å². The van der Waals surface area contributed by atoms with Crippen molar-refractivity contribution in [3.05, 3.63) is 34.3 Å². The predicted octanol–water partition coefficient (Wildman–Crippen LogP) is 4.87. The molecule has 5 heteroatoms. The molecule has 1 saturated heterocycles. The molecule has 1 aliphatic rings. The lowest BCUT2D eigenvalue weighted by Crippen LogP contribution is -2.45. The lowest BCUT2D eigenvalue weighted by atomic mass is 9.93. The van der Waals surface area contributed by atoms with E-state index in [1.165, 1.54) is 24.0 Å². The normalized spacial score (nSPS) is 16.8. The Balaban J connectivity index is 0.00000220. The molecule has 1 N–H and O–H groups in total. The van der Waals surface area contributed by atoms with Crippen LogP contribution in [0.25, 0.3) is 0 Å². The molecule has 2 rings (SSSR count). The molecule has 128 valence electrons. The fraction of sp³-hybridized carbons (Fsp3) is 0.647. The largest absolute Gasteiger partial charge is 0.314 e. The van der Waals surface area contributed by atoms with Crippen molar-refractivity contribution in [1.82, 2.24) is 10.2 Å². The fourth-order valence-electron chi connectivity index (χ4n) is 3.03. The summed E-state index contributed by atoms with van der Waals surface area (Å²) in [4.78, 5) is 2.63. The number of halogens is 3. The molecule has 1 heterocycles. The molecule has 0 spiro atoms. The number of aryl methyl sites for hydroxylation is 1. The van der Waals surface area contributed by atoms with Crippen LogP contribution in [-0.4, -0.2) is 31.1 Å². The maximum absolute atomic E-state index is 6.11. The average Bonchev–Trinajstić information content (AvgIpc) is 2.42. The Morgan fingerprint density at radius 2 is 1.77 bits per heavy atom. The molecule has 1 atom stereocenters. The van der Waals surface area contributed by atoms with Gasteiger partial charge in [-0.1, -0.05) is 31.5 Å². The predicted molar refractivity (Wildman–Crippen MR) is 102 cm³/mol. The maximum Gasteiger partial charge on any atom is 0.0408 e. The Morgan fingerprint density at radius 3 is 2.32 bits per heavy atom. The molecular weight excluding hydrogens is 339 g/mol. The molecule has 1 fully saturated rings. The van der Waals surface area contributed by atoms with Crippen LogP contribution in [0.4, 0.5) is 0 Å². The van der Waals surface area contributed by atoms with Gasteiger partial charge in [-0.3, -0.25) is 4.90 Å². The second kappa shape index (κ2) is 10.7. The van der Waals surface area contributed by atoms with Crippen LogP contribution in [0.3, 0.4) is 0 Å². The minimum atomic E-state index is 0. The molecule has 0 unspecified atom stereocenters. The van der Waals surface area contributed by atoms with Gasteiger partial charge < -0.3 is 5.32 Å². The minimum absolute atomic E-state index is 0. The maximum atomic E-state index is 6.11. The Hall–Kier alpha value is 0.01000. The summed E-state index contributed by atoms with van der Waals surface area (Å²) < 4.78 is 0. The van der Waals surface area contributed by atoms with Gasteiger partial charge in [0.25, 0.3) is 0 Å². The van der Waals surface area contributed by atoms with Crippen molar-refractivity contribution in [3.63, 3.8) is 0 Å². The van der Waals surface area contributed by atoms with Crippen molar-refractivity contribution in [1.29, 1.82) is 0 Å². The minimum Gasteiger partial charge on any atom is -0.314 e. The third kappa shape index (κ3) is 6.25. The van der Waals surface area contributed by atoms with E-state index in [-0.39, 0.29) is 24.8 Å². The number of hydrogen-bond acceptors (Lipinski definition) is 2. The third-order valence-electron chi connectivity index (χ3n) is 4.20. The van der Waals surface area contributed by atoms with Crippen molar-refractivity contribution >= 4 is 36.4 Å². The third-order valence-corrected chi connectivity index (χ3v) is 4.44. The van der Waals surface area contributed by atoms with Gasteiger partial charge in [0.15, 0.2) is 0 Å². The van der Waals surface area contributed by atoms with E-state index < -0.39 is 0 Å². The van der Waals surface area contributed by atoms with E-state index in [4.69, 9.17) is 11.6 Å². The second-order valence-corrected chi connectivity index (χ2v) is 6.71. The monoisotopic (exact) mass is 366 g/mol. The Labute approximate surface area is 152 Å². The van der Waals surface area contributed by atoms with Crippen LogP contribution in [0, 0.1) is 12.8 Å². The summed E-state index contributed by atoms with van der Waals surface area (Å²) in [5.41, 5.74) is 2.78. The van der Waals surface area contributed by atoms with E-state index in [9.17, 15) is 0 Å². The van der Waals surface area contributed by atoms with Gasteiger partial charge in [0, 0.05) is 37.2 Å². The van der Waals surface area contributed by atoms with Crippen LogP contribution >= 0.6 is 36.4 Å². The van der Waals surface area contributed by atoms with Crippen molar-refractivity contribution < 1.29 is 0 Å². The Kier molecular flexibility index (Phi) is 10.7. The van der Waals surface area contributed by atoms with Crippen LogP contribution in [0.1, 0.15) is 43.9 Å². The summed E-state index contributed by atoms with van der Waals surface area (Å²) in [6.45, 7) is 11.3. The molecule has 1 aliphatic heterocycles. The topological polar surface area (TPSA) is 15.3 Å². The highest BCUT2D eigenvalue weighted by atomic mass is 35.5. The summed E-state index contributed by atoms with van der Waals surface area (Å²) in [5.74, 6) is 0.757. The molecule has 1 aromatic rings. The number of piperazine rings is 1. The van der Waals surface area contributed by atoms with Crippen LogP contribution in [0.5, 0.6) is 0 Å². The van der Waals surface area contributed by atoms with Gasteiger partial charge in [-0.2, -0.15) is 0 Å². The van der Waals surface area contributed by atoms with Crippen molar-refractivity contribution in [3.8, 4) is 0 Å². The van der Waals surface area contributed by atoms with E-state index in [1.807, 2.05) is 6.07 Å². The van der Waals surface area contributed by atoms with Gasteiger partial charge in [0.05, 0.1) is 0 Å². The van der Waals surface area contributed by atoms with Gasteiger partial charge in [-0.25, -0.2) is 0 Å². The number of hydrogen-bond donors (Lipinski definition) is 1. The number of rotatable bonds is 5. The molecule has 0 aliphatic carbocycles. The van der Waals surface area contributed by atoms with E-state index >= 15 is 0 Å². The highest BCUT2D eigenvalue weighted by molar-refractivity contribution is 6.30. The summed E-state index contributed by atoms with van der Waals surface area (Å²) in [6, 6.07) is 6.90. The Bertz CT molecular complexity index is 432. The zero-order valence-corrected chi connectivity index (χ0v) is 16.2. The SMILES string of the molecule is Cc1cc(Cl)ccc1[C@@H](CCC(C)C)N1CCNCC1.Cl.Cl. The van der Waals surface area contributed by atoms with Gasteiger partial charge in [0.2, 0.25) is 0 Å². The fourth-order valence-corrected chi connectivity index (χ4v) is 3.26. The van der Waals surface area contributed by atoms with Crippen molar-refractivity contribution in [2.45, 2.75) is 39.7 Å². The molecule has 0 saturated carbocycles. The number of nitrogens with zero attached hydrogens (tertiary/aromatic N) is 1. The summed E-state index contributed by atoms with van der Waals surface area (Å²) >= 11 is 6.11. The molecule has 0 radical (unpaired) electrons. The van der Waals surface area contributed by atoms with E-state index in [0.717, 1.165) is 37.1 Å². The standard InChI is InChI=1S/C17H27ClN2.2ClH/c1-13(2)4-7-17(20-10-8-19-9-11-20)16-6-5-15(18)12-14(16)3;;/h5-6,12-13,17,19H,4,7-11H2,1-3H3;2*1H/t17-;;/m1../s1. The summed E-state index contributed by atoms with van der Waals surface area (Å²) in [6.07, 6.45) is 2.51. The van der Waals surface area contributed by atoms with E-state index in [0.29, 0.717) is 6.04 Å². The lowest BCUT2D eigenvalue weighted by molar-refractivity contribution is 0.159. The highest BCUT2D eigenvalue weighted by Gasteiger charge is 2.23. The zero-order valence-electron chi connectivity index (χ0n) is 13.8. The molecule has 0 amide bonds. The number of benzene rings is 1. The van der Waals surface area contributed by atoms with Gasteiger partial charge in [-0.05, 0) is 48.9 Å². The molecule has 22 heavy (non-hydrogen) atoms. The van der Waals surface area contributed by atoms with Crippen LogP contribution in [0.2, 0.25) is 5.02 Å². The first-order valence-electron chi connectivity index (χ1n) is 7.78. The smallest absolute Gasteiger partial charge is 0.0408 e. The number of nitrogens with one attached hydrogen (secondary N) is 1. The molecule has 0 bridgehead atoms. The van der Waals surface area contributed by atoms with Gasteiger partial charge in [0.1, 0.15) is 0 Å². The van der Waals surface area contributed by atoms with Crippen molar-refractivity contribution in [2.24, 2.45) is 5.92 Å². The molecule has 1 aromatic carbocycles. The quantitative estimate of drug-likeness (QED) is 0.798. The van der Waals surface area contributed by atoms with Crippen LogP contribution in [0.15, 0.2) is 18.2 Å². The van der Waals surface area contributed by atoms with Crippen molar-refractivity contribution in [2.75, 3.05) is 26.2 Å². The summed E-state index contributed by atoms with van der Waals surface area (Å²) in [5, 5.41) is 4.29. The van der Waals surface area contributed by atoms with Crippen LogP contribution < -0.4 is 5.32 Å². The average molecular weight is 368 g/mol. The van der Waals surface area contributed by atoms with E-state index in [1.54, 1.807) is 0 Å². The summed E-state index contributed by atoms with van der Waals surface area (Å²) in [7, 11) is 0. The first-order chi connectivity index (χ1) is 9.58. The second-order valence-electron chi connectivity index (χ2n) is 6.27. The zero-order chi connectivity index (χ0) is 14.5. The van der Waals surface area contributed by atoms with E-state index in [2.05, 4.69) is 43.1 Å². The first-order valence-corrected chi connectivity index (χ1v) is 8.16. The Morgan fingerprint density at radius 1 is 1.14 bits per heavy atom. The van der Waals surface area contributed by atoms with Gasteiger partial charge >= 0.3 is 0 Å². The van der Waals surface area contributed by atoms with Crippen LogP contribution in [-0.2, 0) is 0 Å². The molecule has 2 nitrogen and oxygen atoms in total. The molecule has 0 aromatic heterocycles.